The molecule has 18 heavy (non-hydrogen) atoms. The van der Waals surface area contributed by atoms with Crippen molar-refractivity contribution in [3.63, 3.8) is 0 Å². The van der Waals surface area contributed by atoms with Crippen LogP contribution in [0.2, 0.25) is 0 Å². The lowest BCUT2D eigenvalue weighted by Crippen LogP contribution is -2.25. The Morgan fingerprint density at radius 1 is 1.39 bits per heavy atom. The normalized spacial score (nSPS) is 23.4. The molecular formula is C14H17BrN2O. The van der Waals surface area contributed by atoms with Gasteiger partial charge in [-0.15, -0.1) is 0 Å². The van der Waals surface area contributed by atoms with Crippen molar-refractivity contribution in [2.45, 2.75) is 31.8 Å². The number of hydrogen-bond acceptors (Lipinski definition) is 3. The highest BCUT2D eigenvalue weighted by molar-refractivity contribution is 9.10. The van der Waals surface area contributed by atoms with Crippen LogP contribution in [-0.4, -0.2) is 17.8 Å². The van der Waals surface area contributed by atoms with E-state index in [0.29, 0.717) is 11.5 Å². The van der Waals surface area contributed by atoms with Crippen LogP contribution in [0.15, 0.2) is 22.7 Å². The summed E-state index contributed by atoms with van der Waals surface area (Å²) in [5.41, 5.74) is 1.61. The Hall–Kier alpha value is -1.05. The van der Waals surface area contributed by atoms with E-state index < -0.39 is 0 Å². The molecule has 0 heterocycles. The van der Waals surface area contributed by atoms with Crippen molar-refractivity contribution in [3.05, 3.63) is 28.2 Å². The number of rotatable bonds is 3. The molecule has 1 aromatic rings. The molecule has 0 aromatic heterocycles. The number of aliphatic hydroxyl groups is 1. The first-order chi connectivity index (χ1) is 8.67. The van der Waals surface area contributed by atoms with E-state index in [1.165, 1.54) is 6.42 Å². The molecule has 1 fully saturated rings. The van der Waals surface area contributed by atoms with Crippen LogP contribution in [0.5, 0.6) is 0 Å². The summed E-state index contributed by atoms with van der Waals surface area (Å²) in [6, 6.07) is 7.77. The zero-order valence-corrected chi connectivity index (χ0v) is 11.8. The van der Waals surface area contributed by atoms with Crippen LogP contribution < -0.4 is 5.32 Å². The largest absolute Gasteiger partial charge is 0.393 e. The van der Waals surface area contributed by atoms with Crippen LogP contribution >= 0.6 is 15.9 Å². The molecule has 96 valence electrons. The number of aliphatic hydroxyl groups excluding tert-OH is 1. The van der Waals surface area contributed by atoms with E-state index in [1.54, 1.807) is 6.07 Å². The number of benzene rings is 1. The number of hydrogen-bond donors (Lipinski definition) is 2. The van der Waals surface area contributed by atoms with Crippen LogP contribution in [0.3, 0.4) is 0 Å². The molecule has 1 aliphatic carbocycles. The van der Waals surface area contributed by atoms with Gasteiger partial charge in [0.05, 0.1) is 17.7 Å². The van der Waals surface area contributed by atoms with Crippen molar-refractivity contribution >= 4 is 21.6 Å². The topological polar surface area (TPSA) is 56.0 Å². The molecule has 1 aromatic carbocycles. The monoisotopic (exact) mass is 308 g/mol. The summed E-state index contributed by atoms with van der Waals surface area (Å²) in [6.07, 6.45) is 3.96. The van der Waals surface area contributed by atoms with E-state index in [1.807, 2.05) is 12.1 Å². The van der Waals surface area contributed by atoms with Gasteiger partial charge in [0.25, 0.3) is 0 Å². The molecule has 2 N–H and O–H groups in total. The summed E-state index contributed by atoms with van der Waals surface area (Å²) >= 11 is 3.40. The van der Waals surface area contributed by atoms with E-state index >= 15 is 0 Å². The molecule has 0 radical (unpaired) electrons. The van der Waals surface area contributed by atoms with Gasteiger partial charge in [0.1, 0.15) is 0 Å². The third kappa shape index (κ3) is 3.72. The van der Waals surface area contributed by atoms with Crippen molar-refractivity contribution in [2.24, 2.45) is 5.92 Å². The quantitative estimate of drug-likeness (QED) is 0.901. The van der Waals surface area contributed by atoms with Crippen LogP contribution in [-0.2, 0) is 0 Å². The van der Waals surface area contributed by atoms with E-state index in [4.69, 9.17) is 5.26 Å². The fourth-order valence-corrected chi connectivity index (χ4v) is 2.96. The minimum atomic E-state index is -0.136. The number of nitrogens with one attached hydrogen (secondary N) is 1. The predicted octanol–water partition coefficient (Wildman–Crippen LogP) is 3.28. The summed E-state index contributed by atoms with van der Waals surface area (Å²) in [5, 5.41) is 21.9. The highest BCUT2D eigenvalue weighted by Crippen LogP contribution is 2.25. The van der Waals surface area contributed by atoms with Crippen molar-refractivity contribution in [1.29, 1.82) is 5.26 Å². The third-order valence-corrected chi connectivity index (χ3v) is 3.83. The van der Waals surface area contributed by atoms with Crippen molar-refractivity contribution in [3.8, 4) is 6.07 Å². The summed E-state index contributed by atoms with van der Waals surface area (Å²) in [6.45, 7) is 0.860. The van der Waals surface area contributed by atoms with E-state index in [-0.39, 0.29) is 6.10 Å². The van der Waals surface area contributed by atoms with Crippen molar-refractivity contribution < 1.29 is 5.11 Å². The Morgan fingerprint density at radius 2 is 2.22 bits per heavy atom. The van der Waals surface area contributed by atoms with Gasteiger partial charge >= 0.3 is 0 Å². The van der Waals surface area contributed by atoms with Gasteiger partial charge in [-0.1, -0.05) is 22.4 Å². The molecule has 0 bridgehead atoms. The van der Waals surface area contributed by atoms with Crippen LogP contribution in [0.1, 0.15) is 31.2 Å². The van der Waals surface area contributed by atoms with Gasteiger partial charge in [0, 0.05) is 16.7 Å². The Morgan fingerprint density at radius 3 is 2.94 bits per heavy atom. The number of nitriles is 1. The molecule has 0 saturated heterocycles. The zero-order valence-electron chi connectivity index (χ0n) is 10.2. The lowest BCUT2D eigenvalue weighted by Gasteiger charge is -2.26. The molecule has 2 atom stereocenters. The smallest absolute Gasteiger partial charge is 0.0992 e. The predicted molar refractivity (Wildman–Crippen MR) is 75.3 cm³/mol. The van der Waals surface area contributed by atoms with Gasteiger partial charge in [0.2, 0.25) is 0 Å². The Balaban J connectivity index is 1.93. The molecule has 0 aliphatic heterocycles. The van der Waals surface area contributed by atoms with Gasteiger partial charge in [-0.25, -0.2) is 0 Å². The molecular weight excluding hydrogens is 292 g/mol. The summed E-state index contributed by atoms with van der Waals surface area (Å²) in [7, 11) is 0. The second-order valence-electron chi connectivity index (χ2n) is 4.91. The van der Waals surface area contributed by atoms with Gasteiger partial charge in [-0.3, -0.25) is 0 Å². The number of anilines is 1. The molecule has 2 rings (SSSR count). The molecule has 0 spiro atoms. The molecule has 4 heteroatoms. The van der Waals surface area contributed by atoms with E-state index in [9.17, 15) is 5.11 Å². The molecule has 3 nitrogen and oxygen atoms in total. The molecule has 2 unspecified atom stereocenters. The van der Waals surface area contributed by atoms with Crippen LogP contribution in [0.25, 0.3) is 0 Å². The number of halogens is 1. The maximum atomic E-state index is 9.62. The zero-order chi connectivity index (χ0) is 13.0. The minimum Gasteiger partial charge on any atom is -0.393 e. The SMILES string of the molecule is N#Cc1cc(Br)cc(NCC2CCCC(O)C2)c1. The fraction of sp³-hybridized carbons (Fsp3) is 0.500. The van der Waals surface area contributed by atoms with Crippen molar-refractivity contribution in [2.75, 3.05) is 11.9 Å². The minimum absolute atomic E-state index is 0.136. The lowest BCUT2D eigenvalue weighted by molar-refractivity contribution is 0.105. The second kappa shape index (κ2) is 6.21. The third-order valence-electron chi connectivity index (χ3n) is 3.38. The first kappa shape index (κ1) is 13.4. The van der Waals surface area contributed by atoms with Gasteiger partial charge in [-0.05, 0) is 43.4 Å². The standard InChI is InChI=1S/C14H17BrN2O/c15-12-4-11(8-16)5-13(7-12)17-9-10-2-1-3-14(18)6-10/h4-5,7,10,14,17-18H,1-3,6,9H2. The highest BCUT2D eigenvalue weighted by atomic mass is 79.9. The number of nitrogens with zero attached hydrogens (tertiary/aromatic N) is 1. The lowest BCUT2D eigenvalue weighted by atomic mass is 9.87. The van der Waals surface area contributed by atoms with E-state index in [2.05, 4.69) is 27.3 Å². The Kier molecular flexibility index (Phi) is 4.62. The maximum absolute atomic E-state index is 9.62. The van der Waals surface area contributed by atoms with Gasteiger partial charge < -0.3 is 10.4 Å². The van der Waals surface area contributed by atoms with Gasteiger partial charge in [-0.2, -0.15) is 5.26 Å². The second-order valence-corrected chi connectivity index (χ2v) is 5.82. The van der Waals surface area contributed by atoms with Crippen LogP contribution in [0.4, 0.5) is 5.69 Å². The average Bonchev–Trinajstić information content (AvgIpc) is 2.36. The Bertz CT molecular complexity index is 456. The molecule has 1 aliphatic rings. The molecule has 0 amide bonds. The summed E-state index contributed by atoms with van der Waals surface area (Å²) < 4.78 is 0.910. The highest BCUT2D eigenvalue weighted by Gasteiger charge is 2.19. The van der Waals surface area contributed by atoms with E-state index in [0.717, 1.165) is 36.0 Å². The fourth-order valence-electron chi connectivity index (χ4n) is 2.47. The summed E-state index contributed by atoms with van der Waals surface area (Å²) in [4.78, 5) is 0. The maximum Gasteiger partial charge on any atom is 0.0992 e. The van der Waals surface area contributed by atoms with Crippen molar-refractivity contribution in [1.82, 2.24) is 0 Å². The Labute approximate surface area is 116 Å². The molecule has 1 saturated carbocycles. The van der Waals surface area contributed by atoms with Gasteiger partial charge in [0.15, 0.2) is 0 Å². The summed E-state index contributed by atoms with van der Waals surface area (Å²) in [5.74, 6) is 0.526. The first-order valence-corrected chi connectivity index (χ1v) is 7.09. The first-order valence-electron chi connectivity index (χ1n) is 6.30. The average molecular weight is 309 g/mol. The van der Waals surface area contributed by atoms with Crippen LogP contribution in [0, 0.1) is 17.2 Å².